The van der Waals surface area contributed by atoms with Gasteiger partial charge in [0.1, 0.15) is 11.1 Å². The molecule has 1 amide bonds. The molecule has 0 unspecified atom stereocenters. The van der Waals surface area contributed by atoms with Gasteiger partial charge < -0.3 is 15.0 Å². The van der Waals surface area contributed by atoms with E-state index < -0.39 is 0 Å². The third-order valence-corrected chi connectivity index (χ3v) is 5.14. The van der Waals surface area contributed by atoms with E-state index in [9.17, 15) is 4.79 Å². The minimum absolute atomic E-state index is 0.0527. The van der Waals surface area contributed by atoms with E-state index in [1.165, 1.54) is 0 Å². The van der Waals surface area contributed by atoms with Gasteiger partial charge in [-0.2, -0.15) is 0 Å². The van der Waals surface area contributed by atoms with Crippen LogP contribution in [0, 0.1) is 0 Å². The summed E-state index contributed by atoms with van der Waals surface area (Å²) in [4.78, 5) is 14.4. The van der Waals surface area contributed by atoms with Crippen LogP contribution in [0.25, 0.3) is 0 Å². The van der Waals surface area contributed by atoms with Crippen LogP contribution < -0.4 is 10.1 Å². The predicted octanol–water partition coefficient (Wildman–Crippen LogP) is 2.27. The maximum Gasteiger partial charge on any atom is 0.236 e. The summed E-state index contributed by atoms with van der Waals surface area (Å²) in [5.74, 6) is 1.09. The summed E-state index contributed by atoms with van der Waals surface area (Å²) in [5.41, 5.74) is 1.08. The number of para-hydroxylation sites is 1. The zero-order valence-corrected chi connectivity index (χ0v) is 13.1. The molecule has 1 aliphatic heterocycles. The summed E-state index contributed by atoms with van der Waals surface area (Å²) < 4.78 is 5.45. The van der Waals surface area contributed by atoms with Gasteiger partial charge in [-0.1, -0.05) is 25.1 Å². The number of methoxy groups -OCH3 is 1. The van der Waals surface area contributed by atoms with Gasteiger partial charge in [-0.15, -0.1) is 11.8 Å². The number of amides is 1. The molecule has 1 saturated heterocycles. The number of likely N-dealkylation sites (N-methyl/N-ethyl adjacent to an activating group) is 1. The van der Waals surface area contributed by atoms with Gasteiger partial charge in [0.05, 0.1) is 12.4 Å². The third kappa shape index (κ3) is 2.94. The van der Waals surface area contributed by atoms with Gasteiger partial charge in [0.15, 0.2) is 0 Å². The molecular weight excluding hydrogens is 272 g/mol. The summed E-state index contributed by atoms with van der Waals surface area (Å²) in [6.45, 7) is 3.59. The molecule has 4 nitrogen and oxygen atoms in total. The summed E-state index contributed by atoms with van der Waals surface area (Å²) in [6, 6.07) is 7.96. The molecule has 0 aromatic heterocycles. The number of ether oxygens (including phenoxy) is 1. The molecular formula is C15H22N2O2S. The van der Waals surface area contributed by atoms with Crippen molar-refractivity contribution >= 4 is 17.7 Å². The SMILES string of the molecule is CC[C@@H]1S[C@H](c2ccccc2OC)N(CCNC)C1=O. The van der Waals surface area contributed by atoms with Crippen LogP contribution in [0.3, 0.4) is 0 Å². The maximum atomic E-state index is 12.5. The lowest BCUT2D eigenvalue weighted by atomic mass is 10.1. The number of thioether (sulfide) groups is 1. The van der Waals surface area contributed by atoms with Crippen LogP contribution in [0.2, 0.25) is 0 Å². The quantitative estimate of drug-likeness (QED) is 0.874. The third-order valence-electron chi connectivity index (χ3n) is 3.51. The van der Waals surface area contributed by atoms with Gasteiger partial charge in [0.25, 0.3) is 0 Å². The first-order chi connectivity index (χ1) is 9.72. The van der Waals surface area contributed by atoms with E-state index >= 15 is 0 Å². The minimum atomic E-state index is 0.0527. The molecule has 1 aromatic carbocycles. The second kappa shape index (κ2) is 6.99. The average Bonchev–Trinajstić information content (AvgIpc) is 2.81. The van der Waals surface area contributed by atoms with E-state index in [-0.39, 0.29) is 16.5 Å². The molecule has 1 aromatic rings. The number of nitrogens with one attached hydrogen (secondary N) is 1. The van der Waals surface area contributed by atoms with Crippen LogP contribution in [0.15, 0.2) is 24.3 Å². The maximum absolute atomic E-state index is 12.5. The van der Waals surface area contributed by atoms with Gasteiger partial charge in [0, 0.05) is 18.7 Å². The van der Waals surface area contributed by atoms with Crippen molar-refractivity contribution in [1.82, 2.24) is 10.2 Å². The summed E-state index contributed by atoms with van der Waals surface area (Å²) in [6.07, 6.45) is 0.866. The number of hydrogen-bond donors (Lipinski definition) is 1. The second-order valence-corrected chi connectivity index (χ2v) is 6.05. The Kier molecular flexibility index (Phi) is 5.31. The Morgan fingerprint density at radius 1 is 1.40 bits per heavy atom. The van der Waals surface area contributed by atoms with E-state index in [1.54, 1.807) is 18.9 Å². The number of benzene rings is 1. The lowest BCUT2D eigenvalue weighted by Crippen LogP contribution is -2.36. The highest BCUT2D eigenvalue weighted by atomic mass is 32.2. The zero-order valence-electron chi connectivity index (χ0n) is 12.3. The van der Waals surface area contributed by atoms with Crippen molar-refractivity contribution in [3.05, 3.63) is 29.8 Å². The molecule has 1 aliphatic rings. The summed E-state index contributed by atoms with van der Waals surface area (Å²) in [5, 5.41) is 3.22. The average molecular weight is 294 g/mol. The number of nitrogens with zero attached hydrogens (tertiary/aromatic N) is 1. The van der Waals surface area contributed by atoms with Crippen molar-refractivity contribution < 1.29 is 9.53 Å². The van der Waals surface area contributed by atoms with Crippen molar-refractivity contribution in [3.63, 3.8) is 0 Å². The van der Waals surface area contributed by atoms with Crippen LogP contribution >= 0.6 is 11.8 Å². The molecule has 0 bridgehead atoms. The second-order valence-electron chi connectivity index (χ2n) is 4.76. The molecule has 2 atom stereocenters. The van der Waals surface area contributed by atoms with Gasteiger partial charge in [-0.3, -0.25) is 4.79 Å². The molecule has 0 saturated carbocycles. The highest BCUT2D eigenvalue weighted by molar-refractivity contribution is 8.01. The number of carbonyl (C=O) groups excluding carboxylic acids is 1. The Hall–Kier alpha value is -1.20. The largest absolute Gasteiger partial charge is 0.496 e. The fraction of sp³-hybridized carbons (Fsp3) is 0.533. The molecule has 110 valence electrons. The topological polar surface area (TPSA) is 41.6 Å². The lowest BCUT2D eigenvalue weighted by Gasteiger charge is -2.25. The summed E-state index contributed by atoms with van der Waals surface area (Å²) >= 11 is 1.73. The Balaban J connectivity index is 2.29. The molecule has 0 aliphatic carbocycles. The van der Waals surface area contributed by atoms with E-state index in [0.29, 0.717) is 0 Å². The van der Waals surface area contributed by atoms with Crippen LogP contribution in [-0.4, -0.2) is 43.3 Å². The Morgan fingerprint density at radius 2 is 2.15 bits per heavy atom. The molecule has 2 rings (SSSR count). The molecule has 0 radical (unpaired) electrons. The molecule has 1 heterocycles. The Morgan fingerprint density at radius 3 is 2.80 bits per heavy atom. The van der Waals surface area contributed by atoms with Crippen LogP contribution in [-0.2, 0) is 4.79 Å². The molecule has 20 heavy (non-hydrogen) atoms. The normalized spacial score (nSPS) is 22.4. The molecule has 1 N–H and O–H groups in total. The van der Waals surface area contributed by atoms with Crippen molar-refractivity contribution in [2.24, 2.45) is 0 Å². The zero-order chi connectivity index (χ0) is 14.5. The minimum Gasteiger partial charge on any atom is -0.496 e. The summed E-state index contributed by atoms with van der Waals surface area (Å²) in [7, 11) is 3.58. The predicted molar refractivity (Wildman–Crippen MR) is 83.0 cm³/mol. The van der Waals surface area contributed by atoms with Gasteiger partial charge in [-0.05, 0) is 19.5 Å². The van der Waals surface area contributed by atoms with Crippen molar-refractivity contribution in [3.8, 4) is 5.75 Å². The number of rotatable bonds is 6. The fourth-order valence-corrected chi connectivity index (χ4v) is 3.88. The first kappa shape index (κ1) is 15.2. The van der Waals surface area contributed by atoms with E-state index in [0.717, 1.165) is 30.8 Å². The van der Waals surface area contributed by atoms with E-state index in [4.69, 9.17) is 4.74 Å². The first-order valence-electron chi connectivity index (χ1n) is 6.96. The fourth-order valence-electron chi connectivity index (χ4n) is 2.43. The van der Waals surface area contributed by atoms with Gasteiger partial charge >= 0.3 is 0 Å². The highest BCUT2D eigenvalue weighted by Gasteiger charge is 2.40. The smallest absolute Gasteiger partial charge is 0.236 e. The van der Waals surface area contributed by atoms with Crippen LogP contribution in [0.4, 0.5) is 0 Å². The van der Waals surface area contributed by atoms with E-state index in [2.05, 4.69) is 12.2 Å². The number of carbonyl (C=O) groups is 1. The first-order valence-corrected chi connectivity index (χ1v) is 7.90. The lowest BCUT2D eigenvalue weighted by molar-refractivity contribution is -0.130. The monoisotopic (exact) mass is 294 g/mol. The van der Waals surface area contributed by atoms with Crippen molar-refractivity contribution in [2.75, 3.05) is 27.2 Å². The standard InChI is InChI=1S/C15H22N2O2S/c1-4-13-14(18)17(10-9-16-2)15(20-13)11-7-5-6-8-12(11)19-3/h5-8,13,15-16H,4,9-10H2,1-3H3/t13-,15+/m0/s1. The highest BCUT2D eigenvalue weighted by Crippen LogP contribution is 2.46. The van der Waals surface area contributed by atoms with Crippen LogP contribution in [0.1, 0.15) is 24.3 Å². The molecule has 0 spiro atoms. The van der Waals surface area contributed by atoms with Gasteiger partial charge in [0.2, 0.25) is 5.91 Å². The Labute approximate surface area is 124 Å². The van der Waals surface area contributed by atoms with E-state index in [1.807, 2.05) is 36.2 Å². The Bertz CT molecular complexity index is 467. The van der Waals surface area contributed by atoms with Crippen molar-refractivity contribution in [2.45, 2.75) is 24.0 Å². The molecule has 5 heteroatoms. The van der Waals surface area contributed by atoms with Gasteiger partial charge in [-0.25, -0.2) is 0 Å². The van der Waals surface area contributed by atoms with Crippen LogP contribution in [0.5, 0.6) is 5.75 Å². The molecule has 1 fully saturated rings. The number of hydrogen-bond acceptors (Lipinski definition) is 4. The van der Waals surface area contributed by atoms with Crippen molar-refractivity contribution in [1.29, 1.82) is 0 Å².